The largest absolute Gasteiger partial charge is 0.496 e. The topological polar surface area (TPSA) is 89.3 Å². The van der Waals surface area contributed by atoms with Crippen LogP contribution < -0.4 is 21.3 Å². The van der Waals surface area contributed by atoms with E-state index in [4.69, 9.17) is 10.6 Å². The highest BCUT2D eigenvalue weighted by Crippen LogP contribution is 2.22. The van der Waals surface area contributed by atoms with Crippen LogP contribution in [-0.4, -0.2) is 18.0 Å². The van der Waals surface area contributed by atoms with E-state index < -0.39 is 0 Å². The van der Waals surface area contributed by atoms with Crippen LogP contribution in [0.25, 0.3) is 0 Å². The van der Waals surface area contributed by atoms with Gasteiger partial charge in [0.25, 0.3) is 5.91 Å². The highest BCUT2D eigenvalue weighted by molar-refractivity contribution is 6.07. The lowest BCUT2D eigenvalue weighted by molar-refractivity contribution is 0.102. The number of rotatable bonds is 4. The molecule has 0 aliphatic carbocycles. The van der Waals surface area contributed by atoms with Crippen molar-refractivity contribution in [3.8, 4) is 5.75 Å². The molecule has 0 saturated heterocycles. The first-order chi connectivity index (χ1) is 10.0. The zero-order chi connectivity index (χ0) is 15.4. The Bertz CT molecular complexity index is 671. The molecule has 0 aliphatic heterocycles. The summed E-state index contributed by atoms with van der Waals surface area (Å²) in [7, 11) is 1.61. The van der Waals surface area contributed by atoms with Crippen molar-refractivity contribution in [1.29, 1.82) is 0 Å². The van der Waals surface area contributed by atoms with Crippen molar-refractivity contribution < 1.29 is 9.53 Å². The van der Waals surface area contributed by atoms with Crippen LogP contribution in [0.1, 0.15) is 21.6 Å². The van der Waals surface area contributed by atoms with E-state index in [1.54, 1.807) is 25.3 Å². The van der Waals surface area contributed by atoms with Gasteiger partial charge in [-0.2, -0.15) is 0 Å². The second-order valence-corrected chi connectivity index (χ2v) is 4.65. The SMILES string of the molecule is COc1ccc(NC(=O)c2cnc(C)cc2NN)cc1C. The number of hydrogen-bond acceptors (Lipinski definition) is 5. The molecule has 1 aromatic carbocycles. The molecule has 0 atom stereocenters. The second-order valence-electron chi connectivity index (χ2n) is 4.65. The molecule has 4 N–H and O–H groups in total. The lowest BCUT2D eigenvalue weighted by atomic mass is 10.1. The van der Waals surface area contributed by atoms with Gasteiger partial charge in [0.2, 0.25) is 0 Å². The van der Waals surface area contributed by atoms with Crippen LogP contribution >= 0.6 is 0 Å². The molecule has 0 aliphatic rings. The molecule has 6 nitrogen and oxygen atoms in total. The van der Waals surface area contributed by atoms with Gasteiger partial charge in [0.1, 0.15) is 5.75 Å². The lowest BCUT2D eigenvalue weighted by Crippen LogP contribution is -2.18. The number of hydrazine groups is 1. The molecule has 0 bridgehead atoms. The molecule has 2 rings (SSSR count). The number of hydrogen-bond donors (Lipinski definition) is 3. The molecule has 0 spiro atoms. The molecule has 1 amide bonds. The van der Waals surface area contributed by atoms with Gasteiger partial charge in [0.15, 0.2) is 0 Å². The summed E-state index contributed by atoms with van der Waals surface area (Å²) in [5.41, 5.74) is 5.83. The fourth-order valence-electron chi connectivity index (χ4n) is 2.01. The number of pyridine rings is 1. The van der Waals surface area contributed by atoms with Crippen molar-refractivity contribution in [1.82, 2.24) is 4.98 Å². The number of carbonyl (C=O) groups excluding carboxylic acids is 1. The average Bonchev–Trinajstić information content (AvgIpc) is 2.47. The van der Waals surface area contributed by atoms with Gasteiger partial charge in [-0.3, -0.25) is 15.6 Å². The van der Waals surface area contributed by atoms with Crippen LogP contribution in [0.4, 0.5) is 11.4 Å². The monoisotopic (exact) mass is 286 g/mol. The molecular weight excluding hydrogens is 268 g/mol. The maximum atomic E-state index is 12.3. The Hall–Kier alpha value is -2.60. The third kappa shape index (κ3) is 3.29. The molecule has 0 saturated carbocycles. The number of nitrogens with one attached hydrogen (secondary N) is 2. The van der Waals surface area contributed by atoms with Gasteiger partial charge in [-0.25, -0.2) is 0 Å². The minimum absolute atomic E-state index is 0.278. The molecule has 6 heteroatoms. The maximum Gasteiger partial charge on any atom is 0.259 e. The van der Waals surface area contributed by atoms with E-state index >= 15 is 0 Å². The zero-order valence-corrected chi connectivity index (χ0v) is 12.2. The summed E-state index contributed by atoms with van der Waals surface area (Å²) < 4.78 is 5.19. The van der Waals surface area contributed by atoms with Gasteiger partial charge in [-0.1, -0.05) is 0 Å². The van der Waals surface area contributed by atoms with Gasteiger partial charge in [0.05, 0.1) is 18.4 Å². The van der Waals surface area contributed by atoms with Gasteiger partial charge in [-0.05, 0) is 43.7 Å². The Morgan fingerprint density at radius 3 is 2.67 bits per heavy atom. The summed E-state index contributed by atoms with van der Waals surface area (Å²) in [6.45, 7) is 3.74. The molecule has 0 radical (unpaired) electrons. The standard InChI is InChI=1S/C15H18N4O2/c1-9-6-11(4-5-14(9)21-3)18-15(20)12-8-17-10(2)7-13(12)19-16/h4-8H,16H2,1-3H3,(H,17,19)(H,18,20). The minimum Gasteiger partial charge on any atom is -0.496 e. The summed E-state index contributed by atoms with van der Waals surface area (Å²) in [6, 6.07) is 7.14. The van der Waals surface area contributed by atoms with Gasteiger partial charge in [0, 0.05) is 17.6 Å². The maximum absolute atomic E-state index is 12.3. The Morgan fingerprint density at radius 1 is 1.29 bits per heavy atom. The number of anilines is 2. The number of aryl methyl sites for hydroxylation is 2. The quantitative estimate of drug-likeness (QED) is 0.592. The molecule has 2 aromatic rings. The first kappa shape index (κ1) is 14.8. The molecule has 1 heterocycles. The van der Waals surface area contributed by atoms with Crippen LogP contribution in [-0.2, 0) is 0 Å². The third-order valence-corrected chi connectivity index (χ3v) is 3.09. The van der Waals surface area contributed by atoms with Crippen molar-refractivity contribution in [3.05, 3.63) is 47.3 Å². The number of carbonyl (C=O) groups is 1. The summed E-state index contributed by atoms with van der Waals surface area (Å²) in [4.78, 5) is 16.4. The third-order valence-electron chi connectivity index (χ3n) is 3.09. The minimum atomic E-state index is -0.278. The molecular formula is C15H18N4O2. The zero-order valence-electron chi connectivity index (χ0n) is 12.2. The van der Waals surface area contributed by atoms with E-state index in [0.717, 1.165) is 17.0 Å². The first-order valence-corrected chi connectivity index (χ1v) is 6.44. The molecule has 0 fully saturated rings. The first-order valence-electron chi connectivity index (χ1n) is 6.44. The summed E-state index contributed by atoms with van der Waals surface area (Å²) in [6.07, 6.45) is 1.50. The fraction of sp³-hybridized carbons (Fsp3) is 0.200. The number of nitrogen functional groups attached to an aromatic ring is 1. The van der Waals surface area contributed by atoms with Gasteiger partial charge in [-0.15, -0.1) is 0 Å². The van der Waals surface area contributed by atoms with E-state index in [9.17, 15) is 4.79 Å². The molecule has 110 valence electrons. The van der Waals surface area contributed by atoms with Crippen molar-refractivity contribution in [2.75, 3.05) is 17.9 Å². The predicted molar refractivity (Wildman–Crippen MR) is 82.5 cm³/mol. The van der Waals surface area contributed by atoms with Crippen molar-refractivity contribution in [3.63, 3.8) is 0 Å². The summed E-state index contributed by atoms with van der Waals surface area (Å²) in [5, 5.41) is 2.81. The number of ether oxygens (including phenoxy) is 1. The van der Waals surface area contributed by atoms with Crippen LogP contribution in [0, 0.1) is 13.8 Å². The van der Waals surface area contributed by atoms with Crippen LogP contribution in [0.3, 0.4) is 0 Å². The highest BCUT2D eigenvalue weighted by atomic mass is 16.5. The number of nitrogens with two attached hydrogens (primary N) is 1. The summed E-state index contributed by atoms with van der Waals surface area (Å²) in [5.74, 6) is 5.93. The number of nitrogens with zero attached hydrogens (tertiary/aromatic N) is 1. The smallest absolute Gasteiger partial charge is 0.259 e. The van der Waals surface area contributed by atoms with Crippen molar-refractivity contribution >= 4 is 17.3 Å². The van der Waals surface area contributed by atoms with Crippen molar-refractivity contribution in [2.45, 2.75) is 13.8 Å². The molecule has 1 aromatic heterocycles. The highest BCUT2D eigenvalue weighted by Gasteiger charge is 2.12. The van der Waals surface area contributed by atoms with Crippen molar-refractivity contribution in [2.24, 2.45) is 5.84 Å². The molecule has 21 heavy (non-hydrogen) atoms. The van der Waals surface area contributed by atoms with E-state index in [1.165, 1.54) is 6.20 Å². The summed E-state index contributed by atoms with van der Waals surface area (Å²) >= 11 is 0. The molecule has 0 unspecified atom stereocenters. The van der Waals surface area contributed by atoms with E-state index in [0.29, 0.717) is 16.9 Å². The average molecular weight is 286 g/mol. The van der Waals surface area contributed by atoms with Gasteiger partial charge >= 0.3 is 0 Å². The van der Waals surface area contributed by atoms with E-state index in [2.05, 4.69) is 15.7 Å². The lowest BCUT2D eigenvalue weighted by Gasteiger charge is -2.11. The van der Waals surface area contributed by atoms with Gasteiger partial charge < -0.3 is 15.5 Å². The van der Waals surface area contributed by atoms with E-state index in [1.807, 2.05) is 19.9 Å². The second kappa shape index (κ2) is 6.23. The predicted octanol–water partition coefficient (Wildman–Crippen LogP) is 2.24. The number of benzene rings is 1. The Morgan fingerprint density at radius 2 is 2.05 bits per heavy atom. The van der Waals surface area contributed by atoms with E-state index in [-0.39, 0.29) is 5.91 Å². The Balaban J connectivity index is 2.24. The number of aromatic nitrogens is 1. The Labute approximate surface area is 123 Å². The normalized spacial score (nSPS) is 10.1. The van der Waals surface area contributed by atoms with Crippen LogP contribution in [0.15, 0.2) is 30.5 Å². The fourth-order valence-corrected chi connectivity index (χ4v) is 2.01. The van der Waals surface area contributed by atoms with Crippen LogP contribution in [0.5, 0.6) is 5.75 Å². The number of methoxy groups -OCH3 is 1. The number of amides is 1. The Kier molecular flexibility index (Phi) is 4.39. The van der Waals surface area contributed by atoms with Crippen LogP contribution in [0.2, 0.25) is 0 Å².